The van der Waals surface area contributed by atoms with Gasteiger partial charge in [0.25, 0.3) is 0 Å². The Labute approximate surface area is 107 Å². The molecule has 4 heteroatoms. The molecule has 4 nitrogen and oxygen atoms in total. The van der Waals surface area contributed by atoms with Gasteiger partial charge in [0.05, 0.1) is 5.69 Å². The molecule has 0 radical (unpaired) electrons. The van der Waals surface area contributed by atoms with Crippen LogP contribution in [-0.4, -0.2) is 9.78 Å². The maximum atomic E-state index is 6.04. The predicted octanol–water partition coefficient (Wildman–Crippen LogP) is 2.97. The average Bonchev–Trinajstić information content (AvgIpc) is 2.62. The van der Waals surface area contributed by atoms with E-state index in [-0.39, 0.29) is 0 Å². The van der Waals surface area contributed by atoms with Crippen molar-refractivity contribution in [1.29, 1.82) is 0 Å². The summed E-state index contributed by atoms with van der Waals surface area (Å²) in [5.74, 6) is 1.44. The number of hydrogen-bond acceptors (Lipinski definition) is 3. The van der Waals surface area contributed by atoms with Crippen LogP contribution in [0.5, 0.6) is 11.6 Å². The molecule has 96 valence electrons. The Kier molecular flexibility index (Phi) is 3.28. The molecule has 0 unspecified atom stereocenters. The first-order chi connectivity index (χ1) is 8.54. The molecule has 2 aromatic rings. The van der Waals surface area contributed by atoms with Gasteiger partial charge >= 0.3 is 0 Å². The summed E-state index contributed by atoms with van der Waals surface area (Å²) in [5.41, 5.74) is 9.86. The summed E-state index contributed by atoms with van der Waals surface area (Å²) in [6.07, 6.45) is 0.801. The second-order valence-electron chi connectivity index (χ2n) is 4.44. The van der Waals surface area contributed by atoms with E-state index in [0.717, 1.165) is 23.4 Å². The highest BCUT2D eigenvalue weighted by atomic mass is 16.5. The molecule has 2 N–H and O–H groups in total. The SMILES string of the molecule is CCc1nn(C)c(Oc2cccc(C)c2C)c1N. The molecular weight excluding hydrogens is 226 g/mol. The van der Waals surface area contributed by atoms with Gasteiger partial charge in [-0.2, -0.15) is 5.10 Å². The van der Waals surface area contributed by atoms with Gasteiger partial charge < -0.3 is 10.5 Å². The number of anilines is 1. The smallest absolute Gasteiger partial charge is 0.241 e. The van der Waals surface area contributed by atoms with E-state index in [1.165, 1.54) is 5.56 Å². The summed E-state index contributed by atoms with van der Waals surface area (Å²) in [7, 11) is 1.84. The Morgan fingerprint density at radius 1 is 1.33 bits per heavy atom. The van der Waals surface area contributed by atoms with Gasteiger partial charge in [0, 0.05) is 7.05 Å². The Hall–Kier alpha value is -1.97. The maximum absolute atomic E-state index is 6.04. The number of aromatic nitrogens is 2. The number of nitrogens with zero attached hydrogens (tertiary/aromatic N) is 2. The quantitative estimate of drug-likeness (QED) is 0.904. The van der Waals surface area contributed by atoms with Crippen LogP contribution in [0.25, 0.3) is 0 Å². The highest BCUT2D eigenvalue weighted by Gasteiger charge is 2.15. The lowest BCUT2D eigenvalue weighted by molar-refractivity contribution is 0.429. The van der Waals surface area contributed by atoms with Gasteiger partial charge in [0.15, 0.2) is 0 Å². The normalized spacial score (nSPS) is 10.7. The molecule has 18 heavy (non-hydrogen) atoms. The van der Waals surface area contributed by atoms with E-state index >= 15 is 0 Å². The molecule has 0 atom stereocenters. The zero-order chi connectivity index (χ0) is 13.3. The fourth-order valence-corrected chi connectivity index (χ4v) is 1.90. The van der Waals surface area contributed by atoms with E-state index < -0.39 is 0 Å². The number of hydrogen-bond donors (Lipinski definition) is 1. The summed E-state index contributed by atoms with van der Waals surface area (Å²) in [5, 5.41) is 4.34. The van der Waals surface area contributed by atoms with Crippen LogP contribution in [0.2, 0.25) is 0 Å². The maximum Gasteiger partial charge on any atom is 0.241 e. The molecule has 0 saturated heterocycles. The van der Waals surface area contributed by atoms with Crippen molar-refractivity contribution >= 4 is 5.69 Å². The molecule has 0 aliphatic rings. The second-order valence-corrected chi connectivity index (χ2v) is 4.44. The molecule has 2 rings (SSSR count). The molecule has 1 heterocycles. The fourth-order valence-electron chi connectivity index (χ4n) is 1.90. The van der Waals surface area contributed by atoms with Gasteiger partial charge in [-0.15, -0.1) is 0 Å². The Bertz CT molecular complexity index is 573. The van der Waals surface area contributed by atoms with Crippen molar-refractivity contribution < 1.29 is 4.74 Å². The van der Waals surface area contributed by atoms with E-state index in [9.17, 15) is 0 Å². The number of nitrogens with two attached hydrogens (primary N) is 1. The minimum atomic E-state index is 0.612. The first-order valence-corrected chi connectivity index (χ1v) is 6.10. The van der Waals surface area contributed by atoms with E-state index in [4.69, 9.17) is 10.5 Å². The van der Waals surface area contributed by atoms with Gasteiger partial charge in [0.2, 0.25) is 5.88 Å². The van der Waals surface area contributed by atoms with Crippen LogP contribution in [0.15, 0.2) is 18.2 Å². The van der Waals surface area contributed by atoms with Crippen LogP contribution in [0.1, 0.15) is 23.7 Å². The first kappa shape index (κ1) is 12.5. The van der Waals surface area contributed by atoms with Crippen molar-refractivity contribution in [2.45, 2.75) is 27.2 Å². The number of benzene rings is 1. The van der Waals surface area contributed by atoms with Gasteiger partial charge in [0.1, 0.15) is 11.4 Å². The molecule has 0 amide bonds. The minimum absolute atomic E-state index is 0.612. The largest absolute Gasteiger partial charge is 0.437 e. The topological polar surface area (TPSA) is 53.1 Å². The number of nitrogen functional groups attached to an aromatic ring is 1. The third kappa shape index (κ3) is 2.06. The summed E-state index contributed by atoms with van der Waals surface area (Å²) >= 11 is 0. The third-order valence-corrected chi connectivity index (χ3v) is 3.20. The Morgan fingerprint density at radius 3 is 2.67 bits per heavy atom. The lowest BCUT2D eigenvalue weighted by atomic mass is 10.1. The van der Waals surface area contributed by atoms with Crippen molar-refractivity contribution in [2.24, 2.45) is 7.05 Å². The van der Waals surface area contributed by atoms with Crippen LogP contribution in [-0.2, 0) is 13.5 Å². The Balaban J connectivity index is 2.40. The van der Waals surface area contributed by atoms with Crippen molar-refractivity contribution in [3.05, 3.63) is 35.0 Å². The standard InChI is InChI=1S/C14H19N3O/c1-5-11-13(15)14(17(4)16-11)18-12-8-6-7-9(2)10(12)3/h6-8H,5,15H2,1-4H3. The third-order valence-electron chi connectivity index (χ3n) is 3.20. The van der Waals surface area contributed by atoms with Gasteiger partial charge in [-0.25, -0.2) is 4.68 Å². The number of aryl methyl sites for hydroxylation is 3. The van der Waals surface area contributed by atoms with Gasteiger partial charge in [-0.3, -0.25) is 0 Å². The summed E-state index contributed by atoms with van der Waals surface area (Å²) in [6, 6.07) is 5.98. The molecule has 1 aromatic carbocycles. The van der Waals surface area contributed by atoms with E-state index in [0.29, 0.717) is 11.6 Å². The lowest BCUT2D eigenvalue weighted by Crippen LogP contribution is -1.98. The predicted molar refractivity (Wildman–Crippen MR) is 73.0 cm³/mol. The first-order valence-electron chi connectivity index (χ1n) is 6.10. The molecular formula is C14H19N3O. The average molecular weight is 245 g/mol. The van der Waals surface area contributed by atoms with Crippen LogP contribution in [0.4, 0.5) is 5.69 Å². The van der Waals surface area contributed by atoms with E-state index in [2.05, 4.69) is 18.1 Å². The molecule has 0 bridgehead atoms. The molecule has 0 fully saturated rings. The van der Waals surface area contributed by atoms with Crippen molar-refractivity contribution in [2.75, 3.05) is 5.73 Å². The monoisotopic (exact) mass is 245 g/mol. The molecule has 0 aliphatic heterocycles. The highest BCUT2D eigenvalue weighted by molar-refractivity contribution is 5.55. The van der Waals surface area contributed by atoms with Gasteiger partial charge in [-0.05, 0) is 37.5 Å². The summed E-state index contributed by atoms with van der Waals surface area (Å²) < 4.78 is 7.60. The fraction of sp³-hybridized carbons (Fsp3) is 0.357. The molecule has 0 spiro atoms. The van der Waals surface area contributed by atoms with Crippen LogP contribution >= 0.6 is 0 Å². The number of ether oxygens (including phenoxy) is 1. The van der Waals surface area contributed by atoms with E-state index in [1.54, 1.807) is 4.68 Å². The molecule has 0 aliphatic carbocycles. The van der Waals surface area contributed by atoms with Gasteiger partial charge in [-0.1, -0.05) is 19.1 Å². The van der Waals surface area contributed by atoms with Crippen LogP contribution in [0.3, 0.4) is 0 Å². The van der Waals surface area contributed by atoms with Crippen molar-refractivity contribution in [1.82, 2.24) is 9.78 Å². The summed E-state index contributed by atoms with van der Waals surface area (Å²) in [6.45, 7) is 6.13. The second kappa shape index (κ2) is 4.72. The summed E-state index contributed by atoms with van der Waals surface area (Å²) in [4.78, 5) is 0. The molecule has 1 aromatic heterocycles. The highest BCUT2D eigenvalue weighted by Crippen LogP contribution is 2.32. The van der Waals surface area contributed by atoms with Crippen molar-refractivity contribution in [3.63, 3.8) is 0 Å². The van der Waals surface area contributed by atoms with Crippen LogP contribution in [0, 0.1) is 13.8 Å². The lowest BCUT2D eigenvalue weighted by Gasteiger charge is -2.10. The van der Waals surface area contributed by atoms with Crippen LogP contribution < -0.4 is 10.5 Å². The molecule has 0 saturated carbocycles. The zero-order valence-electron chi connectivity index (χ0n) is 11.3. The Morgan fingerprint density at radius 2 is 2.06 bits per heavy atom. The zero-order valence-corrected chi connectivity index (χ0v) is 11.3. The number of rotatable bonds is 3. The van der Waals surface area contributed by atoms with Crippen molar-refractivity contribution in [3.8, 4) is 11.6 Å². The minimum Gasteiger partial charge on any atom is -0.437 e. The van der Waals surface area contributed by atoms with E-state index in [1.807, 2.05) is 33.0 Å².